The van der Waals surface area contributed by atoms with Crippen LogP contribution in [0.5, 0.6) is 0 Å². The first-order chi connectivity index (χ1) is 9.40. The lowest BCUT2D eigenvalue weighted by molar-refractivity contribution is 0.152. The molecule has 19 heavy (non-hydrogen) atoms. The predicted octanol–water partition coefficient (Wildman–Crippen LogP) is 4.11. The van der Waals surface area contributed by atoms with E-state index < -0.39 is 0 Å². The highest BCUT2D eigenvalue weighted by molar-refractivity contribution is 5.79. The van der Waals surface area contributed by atoms with Crippen LogP contribution in [0.25, 0.3) is 0 Å². The summed E-state index contributed by atoms with van der Waals surface area (Å²) in [5.74, 6) is 3.25. The third-order valence-electron chi connectivity index (χ3n) is 3.60. The first-order valence-electron chi connectivity index (χ1n) is 7.09. The van der Waals surface area contributed by atoms with E-state index in [-0.39, 0.29) is 0 Å². The van der Waals surface area contributed by atoms with E-state index in [1.54, 1.807) is 6.21 Å². The Bertz CT molecular complexity index is 453. The quantitative estimate of drug-likeness (QED) is 0.336. The van der Waals surface area contributed by atoms with Crippen LogP contribution < -0.4 is 0 Å². The molecule has 0 atom stereocenters. The molecule has 2 nitrogen and oxygen atoms in total. The molecule has 0 aromatic heterocycles. The van der Waals surface area contributed by atoms with Crippen molar-refractivity contribution in [1.29, 1.82) is 0 Å². The summed E-state index contributed by atoms with van der Waals surface area (Å²) in [5.41, 5.74) is 2.54. The molecular weight excluding hydrogens is 234 g/mol. The first kappa shape index (κ1) is 13.7. The molecular formula is C17H21NO. The number of oxime groups is 1. The van der Waals surface area contributed by atoms with Gasteiger partial charge in [-0.25, -0.2) is 0 Å². The lowest BCUT2D eigenvalue weighted by Crippen LogP contribution is -2.04. The number of hydrogen-bond donors (Lipinski definition) is 0. The molecule has 1 saturated carbocycles. The highest BCUT2D eigenvalue weighted by Crippen LogP contribution is 2.32. The van der Waals surface area contributed by atoms with Gasteiger partial charge in [0.1, 0.15) is 6.61 Å². The molecule has 1 aliphatic rings. The normalized spacial score (nSPS) is 16.4. The van der Waals surface area contributed by atoms with E-state index in [9.17, 15) is 0 Å². The maximum absolute atomic E-state index is 5.14. The van der Waals surface area contributed by atoms with Crippen molar-refractivity contribution in [2.75, 3.05) is 6.61 Å². The summed E-state index contributed by atoms with van der Waals surface area (Å²) in [4.78, 5) is 5.09. The fourth-order valence-electron chi connectivity index (χ4n) is 2.58. The van der Waals surface area contributed by atoms with Gasteiger partial charge >= 0.3 is 0 Å². The van der Waals surface area contributed by atoms with Gasteiger partial charge in [0.05, 0.1) is 6.21 Å². The van der Waals surface area contributed by atoms with Gasteiger partial charge in [0, 0.05) is 6.42 Å². The van der Waals surface area contributed by atoms with Gasteiger partial charge in [0.15, 0.2) is 0 Å². The van der Waals surface area contributed by atoms with Crippen molar-refractivity contribution in [1.82, 2.24) is 0 Å². The van der Waals surface area contributed by atoms with Crippen molar-refractivity contribution in [3.8, 4) is 12.3 Å². The Kier molecular flexibility index (Phi) is 5.49. The van der Waals surface area contributed by atoms with Crippen LogP contribution in [0.3, 0.4) is 0 Å². The molecule has 1 aliphatic carbocycles. The van der Waals surface area contributed by atoms with Crippen molar-refractivity contribution in [2.24, 2.45) is 5.16 Å². The highest BCUT2D eigenvalue weighted by Gasteiger charge is 2.15. The molecule has 0 N–H and O–H groups in total. The molecule has 100 valence electrons. The van der Waals surface area contributed by atoms with E-state index in [1.165, 1.54) is 37.7 Å². The average Bonchev–Trinajstić information content (AvgIpc) is 2.48. The van der Waals surface area contributed by atoms with Crippen molar-refractivity contribution < 1.29 is 4.84 Å². The minimum absolute atomic E-state index is 0.481. The van der Waals surface area contributed by atoms with Crippen LogP contribution in [-0.4, -0.2) is 12.8 Å². The summed E-state index contributed by atoms with van der Waals surface area (Å²) in [6.45, 7) is 0.481. The van der Waals surface area contributed by atoms with E-state index in [0.29, 0.717) is 13.0 Å². The molecule has 0 radical (unpaired) electrons. The van der Waals surface area contributed by atoms with Crippen LogP contribution in [0, 0.1) is 12.3 Å². The number of terminal acetylenes is 1. The van der Waals surface area contributed by atoms with E-state index in [0.717, 1.165) is 11.5 Å². The summed E-state index contributed by atoms with van der Waals surface area (Å²) in [7, 11) is 0. The Morgan fingerprint density at radius 1 is 1.32 bits per heavy atom. The van der Waals surface area contributed by atoms with Crippen molar-refractivity contribution in [3.63, 3.8) is 0 Å². The van der Waals surface area contributed by atoms with E-state index in [4.69, 9.17) is 11.3 Å². The summed E-state index contributed by atoms with van der Waals surface area (Å²) < 4.78 is 0. The minimum atomic E-state index is 0.481. The van der Waals surface area contributed by atoms with Crippen molar-refractivity contribution >= 4 is 6.21 Å². The second-order valence-corrected chi connectivity index (χ2v) is 5.03. The van der Waals surface area contributed by atoms with E-state index >= 15 is 0 Å². The second kappa shape index (κ2) is 7.63. The zero-order chi connectivity index (χ0) is 13.3. The van der Waals surface area contributed by atoms with Gasteiger partial charge in [0.2, 0.25) is 0 Å². The third kappa shape index (κ3) is 4.44. The SMILES string of the molecule is C#CCCON=Cc1cccc(C2CCCCC2)c1. The highest BCUT2D eigenvalue weighted by atomic mass is 16.6. The largest absolute Gasteiger partial charge is 0.395 e. The van der Waals surface area contributed by atoms with Crippen LogP contribution >= 0.6 is 0 Å². The van der Waals surface area contributed by atoms with Crippen LogP contribution in [0.2, 0.25) is 0 Å². The van der Waals surface area contributed by atoms with E-state index in [1.807, 2.05) is 0 Å². The summed E-state index contributed by atoms with van der Waals surface area (Å²) in [6.07, 6.45) is 14.3. The summed E-state index contributed by atoms with van der Waals surface area (Å²) in [6, 6.07) is 8.61. The van der Waals surface area contributed by atoms with Gasteiger partial charge in [-0.1, -0.05) is 42.6 Å². The molecule has 0 saturated heterocycles. The molecule has 0 amide bonds. The van der Waals surface area contributed by atoms with Gasteiger partial charge in [-0.3, -0.25) is 0 Å². The first-order valence-corrected chi connectivity index (χ1v) is 7.09. The number of benzene rings is 1. The van der Waals surface area contributed by atoms with Gasteiger partial charge in [-0.05, 0) is 36.0 Å². The second-order valence-electron chi connectivity index (χ2n) is 5.03. The van der Waals surface area contributed by atoms with Gasteiger partial charge in [-0.15, -0.1) is 12.3 Å². The molecule has 0 heterocycles. The zero-order valence-electron chi connectivity index (χ0n) is 11.3. The topological polar surface area (TPSA) is 21.6 Å². The molecule has 2 heteroatoms. The standard InChI is InChI=1S/C17H21NO/c1-2-3-12-19-18-14-15-8-7-11-17(13-15)16-9-5-4-6-10-16/h1,7-8,11,13-14,16H,3-6,9-10,12H2. The molecule has 1 fully saturated rings. The Morgan fingerprint density at radius 3 is 2.95 bits per heavy atom. The fraction of sp³-hybridized carbons (Fsp3) is 0.471. The Morgan fingerprint density at radius 2 is 2.16 bits per heavy atom. The van der Waals surface area contributed by atoms with Crippen LogP contribution in [0.1, 0.15) is 55.6 Å². The van der Waals surface area contributed by atoms with Gasteiger partial charge in [0.25, 0.3) is 0 Å². The maximum atomic E-state index is 5.14. The zero-order valence-corrected chi connectivity index (χ0v) is 11.3. The van der Waals surface area contributed by atoms with Crippen LogP contribution in [0.15, 0.2) is 29.4 Å². The van der Waals surface area contributed by atoms with E-state index in [2.05, 4.69) is 35.3 Å². The molecule has 0 unspecified atom stereocenters. The van der Waals surface area contributed by atoms with Crippen molar-refractivity contribution in [2.45, 2.75) is 44.4 Å². The lowest BCUT2D eigenvalue weighted by Gasteiger charge is -2.22. The molecule has 1 aromatic carbocycles. The molecule has 0 bridgehead atoms. The fourth-order valence-corrected chi connectivity index (χ4v) is 2.58. The summed E-state index contributed by atoms with van der Waals surface area (Å²) >= 11 is 0. The summed E-state index contributed by atoms with van der Waals surface area (Å²) in [5, 5.41) is 3.94. The number of hydrogen-bond acceptors (Lipinski definition) is 2. The van der Waals surface area contributed by atoms with Crippen molar-refractivity contribution in [3.05, 3.63) is 35.4 Å². The molecule has 2 rings (SSSR count). The third-order valence-corrected chi connectivity index (χ3v) is 3.60. The molecule has 0 spiro atoms. The number of nitrogens with zero attached hydrogens (tertiary/aromatic N) is 1. The Hall–Kier alpha value is -1.75. The van der Waals surface area contributed by atoms with Crippen LogP contribution in [-0.2, 0) is 4.84 Å². The maximum Gasteiger partial charge on any atom is 0.128 e. The van der Waals surface area contributed by atoms with Gasteiger partial charge < -0.3 is 4.84 Å². The minimum Gasteiger partial charge on any atom is -0.395 e. The monoisotopic (exact) mass is 255 g/mol. The Labute approximate surface area is 115 Å². The molecule has 0 aliphatic heterocycles. The lowest BCUT2D eigenvalue weighted by atomic mass is 9.84. The smallest absolute Gasteiger partial charge is 0.128 e. The predicted molar refractivity (Wildman–Crippen MR) is 79.3 cm³/mol. The Balaban J connectivity index is 1.93. The van der Waals surface area contributed by atoms with Crippen LogP contribution in [0.4, 0.5) is 0 Å². The average molecular weight is 255 g/mol. The molecule has 1 aromatic rings. The van der Waals surface area contributed by atoms with Gasteiger partial charge in [-0.2, -0.15) is 0 Å². The number of rotatable bonds is 5.